The molecule has 4 rings (SSSR count). The van der Waals surface area contributed by atoms with Crippen LogP contribution >= 0.6 is 0 Å². The van der Waals surface area contributed by atoms with E-state index in [0.29, 0.717) is 33.6 Å². The van der Waals surface area contributed by atoms with Gasteiger partial charge in [-0.25, -0.2) is 4.79 Å². The molecule has 0 fully saturated rings. The quantitative estimate of drug-likeness (QED) is 0.372. The van der Waals surface area contributed by atoms with Gasteiger partial charge in [0.15, 0.2) is 17.3 Å². The van der Waals surface area contributed by atoms with E-state index in [1.54, 1.807) is 48.5 Å². The average Bonchev–Trinajstić information content (AvgIpc) is 2.82. The highest BCUT2D eigenvalue weighted by molar-refractivity contribution is 5.93. The van der Waals surface area contributed by atoms with Crippen LogP contribution in [0.15, 0.2) is 63.8 Å². The van der Waals surface area contributed by atoms with Gasteiger partial charge in [0.25, 0.3) is 0 Å². The Morgan fingerprint density at radius 1 is 0.818 bits per heavy atom. The van der Waals surface area contributed by atoms with Crippen molar-refractivity contribution in [2.75, 3.05) is 14.2 Å². The molecule has 168 valence electrons. The molecule has 6 heteroatoms. The molecule has 0 aliphatic heterocycles. The van der Waals surface area contributed by atoms with Crippen molar-refractivity contribution in [3.63, 3.8) is 0 Å². The van der Waals surface area contributed by atoms with Gasteiger partial charge in [-0.3, -0.25) is 4.79 Å². The van der Waals surface area contributed by atoms with Crippen molar-refractivity contribution in [3.05, 3.63) is 87.1 Å². The molecule has 0 atom stereocenters. The van der Waals surface area contributed by atoms with Crippen molar-refractivity contribution in [1.82, 2.24) is 0 Å². The third kappa shape index (κ3) is 4.20. The topological polar surface area (TPSA) is 75.0 Å². The fourth-order valence-electron chi connectivity index (χ4n) is 3.53. The molecule has 33 heavy (non-hydrogen) atoms. The average molecular weight is 444 g/mol. The molecule has 0 aliphatic rings. The number of hydrogen-bond donors (Lipinski definition) is 0. The Labute approximate surface area is 191 Å². The third-order valence-corrected chi connectivity index (χ3v) is 5.59. The van der Waals surface area contributed by atoms with Gasteiger partial charge in [-0.15, -0.1) is 0 Å². The van der Waals surface area contributed by atoms with Crippen LogP contribution in [0.3, 0.4) is 0 Å². The highest BCUT2D eigenvalue weighted by Gasteiger charge is 2.23. The van der Waals surface area contributed by atoms with Gasteiger partial charge in [0.1, 0.15) is 5.58 Å². The second-order valence-electron chi connectivity index (χ2n) is 7.85. The molecular weight excluding hydrogens is 420 g/mol. The number of carbonyl (C=O) groups excluding carboxylic acids is 1. The monoisotopic (exact) mass is 444 g/mol. The second kappa shape index (κ2) is 8.82. The molecule has 0 aliphatic carbocycles. The number of ether oxygens (including phenoxy) is 3. The van der Waals surface area contributed by atoms with Gasteiger partial charge in [0, 0.05) is 5.56 Å². The highest BCUT2D eigenvalue weighted by atomic mass is 16.5. The van der Waals surface area contributed by atoms with Crippen molar-refractivity contribution < 1.29 is 23.4 Å². The number of esters is 1. The molecule has 4 aromatic rings. The van der Waals surface area contributed by atoms with E-state index in [4.69, 9.17) is 18.6 Å². The van der Waals surface area contributed by atoms with Crippen molar-refractivity contribution in [3.8, 4) is 28.6 Å². The Balaban J connectivity index is 1.94. The van der Waals surface area contributed by atoms with Crippen molar-refractivity contribution in [2.45, 2.75) is 20.8 Å². The van der Waals surface area contributed by atoms with Crippen LogP contribution in [0.4, 0.5) is 0 Å². The van der Waals surface area contributed by atoms with Gasteiger partial charge in [-0.1, -0.05) is 17.7 Å². The lowest BCUT2D eigenvalue weighted by Gasteiger charge is -2.13. The molecular formula is C27H24O6. The Bertz CT molecular complexity index is 1410. The van der Waals surface area contributed by atoms with E-state index in [2.05, 4.69) is 0 Å². The Hall–Kier alpha value is -4.06. The molecule has 0 N–H and O–H groups in total. The normalized spacial score (nSPS) is 10.8. The molecule has 1 heterocycles. The zero-order valence-corrected chi connectivity index (χ0v) is 19.1. The maximum Gasteiger partial charge on any atom is 0.343 e. The third-order valence-electron chi connectivity index (χ3n) is 5.59. The first kappa shape index (κ1) is 22.1. The van der Waals surface area contributed by atoms with Gasteiger partial charge >= 0.3 is 5.97 Å². The van der Waals surface area contributed by atoms with E-state index < -0.39 is 11.4 Å². The summed E-state index contributed by atoms with van der Waals surface area (Å²) in [6.07, 6.45) is 0. The van der Waals surface area contributed by atoms with Gasteiger partial charge in [0.05, 0.1) is 25.2 Å². The summed E-state index contributed by atoms with van der Waals surface area (Å²) < 4.78 is 22.5. The van der Waals surface area contributed by atoms with Crippen molar-refractivity contribution >= 4 is 16.9 Å². The minimum absolute atomic E-state index is 0.136. The predicted molar refractivity (Wildman–Crippen MR) is 127 cm³/mol. The second-order valence-corrected chi connectivity index (χ2v) is 7.85. The molecule has 0 amide bonds. The van der Waals surface area contributed by atoms with Crippen LogP contribution in [-0.2, 0) is 0 Å². The van der Waals surface area contributed by atoms with E-state index in [0.717, 1.165) is 16.7 Å². The fourth-order valence-corrected chi connectivity index (χ4v) is 3.53. The SMILES string of the molecule is COc1ccc(-c2oc3cc(C)c(C)cc3c(=O)c2OC(=O)c2ccc(C)cc2)cc1OC. The van der Waals surface area contributed by atoms with Crippen LogP contribution in [-0.4, -0.2) is 20.2 Å². The maximum absolute atomic E-state index is 13.5. The van der Waals surface area contributed by atoms with Crippen molar-refractivity contribution in [2.24, 2.45) is 0 Å². The Morgan fingerprint density at radius 3 is 2.15 bits per heavy atom. The lowest BCUT2D eigenvalue weighted by atomic mass is 10.0. The Kier molecular flexibility index (Phi) is 5.92. The zero-order chi connectivity index (χ0) is 23.7. The molecule has 6 nitrogen and oxygen atoms in total. The van der Waals surface area contributed by atoms with E-state index >= 15 is 0 Å². The smallest absolute Gasteiger partial charge is 0.343 e. The number of rotatable bonds is 5. The first-order valence-corrected chi connectivity index (χ1v) is 10.4. The minimum atomic E-state index is -0.646. The highest BCUT2D eigenvalue weighted by Crippen LogP contribution is 2.37. The summed E-state index contributed by atoms with van der Waals surface area (Å²) >= 11 is 0. The summed E-state index contributed by atoms with van der Waals surface area (Å²) in [5.74, 6) is 0.288. The Morgan fingerprint density at radius 2 is 1.48 bits per heavy atom. The van der Waals surface area contributed by atoms with Crippen LogP contribution in [0.5, 0.6) is 17.2 Å². The van der Waals surface area contributed by atoms with Crippen LogP contribution < -0.4 is 19.6 Å². The van der Waals surface area contributed by atoms with Crippen LogP contribution in [0.1, 0.15) is 27.0 Å². The van der Waals surface area contributed by atoms with E-state index in [1.807, 2.05) is 26.8 Å². The molecule has 0 unspecified atom stereocenters. The van der Waals surface area contributed by atoms with Gasteiger partial charge in [0.2, 0.25) is 11.2 Å². The summed E-state index contributed by atoms with van der Waals surface area (Å²) in [6, 6.07) is 15.6. The van der Waals surface area contributed by atoms with Crippen LogP contribution in [0.2, 0.25) is 0 Å². The van der Waals surface area contributed by atoms with Gasteiger partial charge in [-0.05, 0) is 74.4 Å². The minimum Gasteiger partial charge on any atom is -0.493 e. The zero-order valence-electron chi connectivity index (χ0n) is 19.1. The fraction of sp³-hybridized carbons (Fsp3) is 0.185. The first-order valence-electron chi connectivity index (χ1n) is 10.4. The molecule has 0 saturated carbocycles. The van der Waals surface area contributed by atoms with Gasteiger partial charge < -0.3 is 18.6 Å². The van der Waals surface area contributed by atoms with E-state index in [1.165, 1.54) is 14.2 Å². The number of aryl methyl sites for hydroxylation is 3. The predicted octanol–water partition coefficient (Wildman–Crippen LogP) is 5.62. The number of benzene rings is 3. The summed E-state index contributed by atoms with van der Waals surface area (Å²) in [6.45, 7) is 5.77. The van der Waals surface area contributed by atoms with E-state index in [9.17, 15) is 9.59 Å². The largest absolute Gasteiger partial charge is 0.493 e. The molecule has 0 saturated heterocycles. The summed E-state index contributed by atoms with van der Waals surface area (Å²) in [7, 11) is 3.05. The number of methoxy groups -OCH3 is 2. The number of hydrogen-bond acceptors (Lipinski definition) is 6. The van der Waals surface area contributed by atoms with Crippen LogP contribution in [0.25, 0.3) is 22.3 Å². The van der Waals surface area contributed by atoms with Crippen molar-refractivity contribution in [1.29, 1.82) is 0 Å². The standard InChI is InChI=1S/C27H24O6/c1-15-6-8-18(9-7-15)27(29)33-26-24(28)20-12-16(2)17(3)13-22(20)32-25(26)19-10-11-21(30-4)23(14-19)31-5/h6-14H,1-5H3. The molecule has 0 bridgehead atoms. The number of fused-ring (bicyclic) bond motifs is 1. The summed E-state index contributed by atoms with van der Waals surface area (Å²) in [5, 5.41) is 0.342. The van der Waals surface area contributed by atoms with Gasteiger partial charge in [-0.2, -0.15) is 0 Å². The molecule has 0 radical (unpaired) electrons. The van der Waals surface area contributed by atoms with Crippen LogP contribution in [0, 0.1) is 20.8 Å². The first-order chi connectivity index (χ1) is 15.8. The summed E-state index contributed by atoms with van der Waals surface area (Å²) in [5.41, 5.74) is 3.74. The van der Waals surface area contributed by atoms with E-state index in [-0.39, 0.29) is 11.5 Å². The lowest BCUT2D eigenvalue weighted by molar-refractivity contribution is 0.0731. The molecule has 0 spiro atoms. The molecule has 3 aromatic carbocycles. The maximum atomic E-state index is 13.5. The lowest BCUT2D eigenvalue weighted by Crippen LogP contribution is -2.16. The molecule has 1 aromatic heterocycles. The number of carbonyl (C=O) groups is 1. The summed E-state index contributed by atoms with van der Waals surface area (Å²) in [4.78, 5) is 26.4.